The molecule has 0 saturated heterocycles. The van der Waals surface area contributed by atoms with Gasteiger partial charge in [0.1, 0.15) is 5.82 Å². The van der Waals surface area contributed by atoms with Gasteiger partial charge in [-0.15, -0.1) is 0 Å². The molecule has 2 aromatic heterocycles. The predicted octanol–water partition coefficient (Wildman–Crippen LogP) is 1.71. The molecule has 3 heterocycles. The second-order valence-electron chi connectivity index (χ2n) is 6.77. The van der Waals surface area contributed by atoms with Crippen molar-refractivity contribution in [3.63, 3.8) is 0 Å². The van der Waals surface area contributed by atoms with Crippen LogP contribution in [0.4, 0.5) is 5.82 Å². The number of hydrogen-bond donors (Lipinski definition) is 2. The van der Waals surface area contributed by atoms with Crippen LogP contribution in [-0.2, 0) is 17.8 Å². The summed E-state index contributed by atoms with van der Waals surface area (Å²) < 4.78 is 1.92. The molecular formula is C20H24N6O. The lowest BCUT2D eigenvalue weighted by Crippen LogP contribution is -2.38. The Morgan fingerprint density at radius 3 is 2.96 bits per heavy atom. The molecule has 0 saturated carbocycles. The number of carbonyl (C=O) groups is 1. The highest BCUT2D eigenvalue weighted by atomic mass is 16.1. The van der Waals surface area contributed by atoms with Crippen molar-refractivity contribution in [1.29, 1.82) is 0 Å². The predicted molar refractivity (Wildman–Crippen MR) is 105 cm³/mol. The van der Waals surface area contributed by atoms with Gasteiger partial charge in [0.25, 0.3) is 0 Å². The number of amides is 1. The maximum Gasteiger partial charge on any atom is 0.221 e. The van der Waals surface area contributed by atoms with Crippen LogP contribution in [0.2, 0.25) is 0 Å². The van der Waals surface area contributed by atoms with Crippen LogP contribution >= 0.6 is 0 Å². The standard InChI is InChI=1S/C20H24N6O/c27-20(5-7-22-19-14-24-18-13-21-8-12-26(18)19)23-9-11-25-10-6-16-3-1-2-4-17(16)15-25/h1-4,8,12-14,22H,5-7,9-11,15H2,(H,23,27). The van der Waals surface area contributed by atoms with Crippen molar-refractivity contribution >= 4 is 17.4 Å². The number of benzene rings is 1. The van der Waals surface area contributed by atoms with Gasteiger partial charge in [0, 0.05) is 51.5 Å². The molecular weight excluding hydrogens is 340 g/mol. The average molecular weight is 364 g/mol. The second kappa shape index (κ2) is 8.18. The maximum absolute atomic E-state index is 12.1. The summed E-state index contributed by atoms with van der Waals surface area (Å²) in [6, 6.07) is 8.60. The first kappa shape index (κ1) is 17.5. The lowest BCUT2D eigenvalue weighted by molar-refractivity contribution is -0.120. The molecule has 0 fully saturated rings. The summed E-state index contributed by atoms with van der Waals surface area (Å²) in [6.45, 7) is 4.16. The molecule has 2 N–H and O–H groups in total. The Morgan fingerprint density at radius 2 is 2.04 bits per heavy atom. The molecule has 0 radical (unpaired) electrons. The summed E-state index contributed by atoms with van der Waals surface area (Å²) in [5.41, 5.74) is 3.64. The van der Waals surface area contributed by atoms with E-state index in [1.165, 1.54) is 11.1 Å². The molecule has 7 heteroatoms. The van der Waals surface area contributed by atoms with Crippen molar-refractivity contribution in [2.45, 2.75) is 19.4 Å². The smallest absolute Gasteiger partial charge is 0.221 e. The lowest BCUT2D eigenvalue weighted by atomic mass is 10.00. The molecule has 0 spiro atoms. The number of imidazole rings is 1. The number of fused-ring (bicyclic) bond motifs is 2. The van der Waals surface area contributed by atoms with Gasteiger partial charge in [0.05, 0.1) is 12.4 Å². The summed E-state index contributed by atoms with van der Waals surface area (Å²) in [7, 11) is 0. The van der Waals surface area contributed by atoms with E-state index in [4.69, 9.17) is 0 Å². The number of aromatic nitrogens is 3. The number of nitrogens with zero attached hydrogens (tertiary/aromatic N) is 4. The van der Waals surface area contributed by atoms with Crippen molar-refractivity contribution in [1.82, 2.24) is 24.6 Å². The fourth-order valence-electron chi connectivity index (χ4n) is 3.46. The molecule has 1 amide bonds. The summed E-state index contributed by atoms with van der Waals surface area (Å²) >= 11 is 0. The number of anilines is 1. The monoisotopic (exact) mass is 364 g/mol. The van der Waals surface area contributed by atoms with Gasteiger partial charge in [-0.3, -0.25) is 19.1 Å². The number of carbonyl (C=O) groups excluding carboxylic acids is 1. The third kappa shape index (κ3) is 4.25. The van der Waals surface area contributed by atoms with Crippen LogP contribution in [0.3, 0.4) is 0 Å². The third-order valence-corrected chi connectivity index (χ3v) is 4.94. The van der Waals surface area contributed by atoms with Crippen LogP contribution in [0.5, 0.6) is 0 Å². The second-order valence-corrected chi connectivity index (χ2v) is 6.77. The first-order valence-electron chi connectivity index (χ1n) is 9.36. The van der Waals surface area contributed by atoms with E-state index in [-0.39, 0.29) is 5.91 Å². The Hall–Kier alpha value is -2.93. The van der Waals surface area contributed by atoms with E-state index < -0.39 is 0 Å². The molecule has 0 bridgehead atoms. The van der Waals surface area contributed by atoms with Crippen LogP contribution in [0.1, 0.15) is 17.5 Å². The van der Waals surface area contributed by atoms with Gasteiger partial charge in [-0.25, -0.2) is 4.98 Å². The van der Waals surface area contributed by atoms with E-state index in [2.05, 4.69) is 49.8 Å². The van der Waals surface area contributed by atoms with E-state index in [0.717, 1.165) is 37.5 Å². The van der Waals surface area contributed by atoms with Gasteiger partial charge in [0.15, 0.2) is 5.65 Å². The van der Waals surface area contributed by atoms with Gasteiger partial charge < -0.3 is 10.6 Å². The minimum absolute atomic E-state index is 0.0652. The van der Waals surface area contributed by atoms with E-state index >= 15 is 0 Å². The Labute approximate surface area is 158 Å². The largest absolute Gasteiger partial charge is 0.369 e. The number of rotatable bonds is 7. The van der Waals surface area contributed by atoms with E-state index in [1.54, 1.807) is 18.6 Å². The van der Waals surface area contributed by atoms with Crippen LogP contribution in [0, 0.1) is 0 Å². The van der Waals surface area contributed by atoms with Gasteiger partial charge in [-0.05, 0) is 17.5 Å². The molecule has 4 rings (SSSR count). The summed E-state index contributed by atoms with van der Waals surface area (Å²) in [5, 5.41) is 6.27. The Morgan fingerprint density at radius 1 is 1.15 bits per heavy atom. The molecule has 1 aliphatic heterocycles. The highest BCUT2D eigenvalue weighted by molar-refractivity contribution is 5.76. The zero-order chi connectivity index (χ0) is 18.5. The topological polar surface area (TPSA) is 74.6 Å². The van der Waals surface area contributed by atoms with Crippen molar-refractivity contribution in [2.24, 2.45) is 0 Å². The molecule has 140 valence electrons. The van der Waals surface area contributed by atoms with Crippen LogP contribution in [0.15, 0.2) is 49.1 Å². The zero-order valence-electron chi connectivity index (χ0n) is 15.3. The van der Waals surface area contributed by atoms with Crippen LogP contribution < -0.4 is 10.6 Å². The summed E-state index contributed by atoms with van der Waals surface area (Å²) in [4.78, 5) is 22.8. The first-order valence-corrected chi connectivity index (χ1v) is 9.36. The van der Waals surface area contributed by atoms with Gasteiger partial charge >= 0.3 is 0 Å². The minimum atomic E-state index is 0.0652. The Bertz CT molecular complexity index is 921. The molecule has 0 atom stereocenters. The first-order chi connectivity index (χ1) is 13.3. The molecule has 7 nitrogen and oxygen atoms in total. The zero-order valence-corrected chi connectivity index (χ0v) is 15.3. The fraction of sp³-hybridized carbons (Fsp3) is 0.350. The highest BCUT2D eigenvalue weighted by Crippen LogP contribution is 2.17. The van der Waals surface area contributed by atoms with Gasteiger partial charge in [-0.1, -0.05) is 24.3 Å². The molecule has 1 aliphatic rings. The van der Waals surface area contributed by atoms with Gasteiger partial charge in [-0.2, -0.15) is 0 Å². The molecule has 27 heavy (non-hydrogen) atoms. The van der Waals surface area contributed by atoms with Crippen molar-refractivity contribution in [3.05, 3.63) is 60.2 Å². The molecule has 0 aliphatic carbocycles. The van der Waals surface area contributed by atoms with Crippen molar-refractivity contribution in [3.8, 4) is 0 Å². The van der Waals surface area contributed by atoms with E-state index in [1.807, 2.05) is 10.6 Å². The summed E-state index contributed by atoms with van der Waals surface area (Å²) in [5.74, 6) is 0.933. The van der Waals surface area contributed by atoms with Crippen molar-refractivity contribution in [2.75, 3.05) is 31.5 Å². The van der Waals surface area contributed by atoms with Crippen LogP contribution in [0.25, 0.3) is 5.65 Å². The molecule has 0 unspecified atom stereocenters. The Kier molecular flexibility index (Phi) is 5.29. The maximum atomic E-state index is 12.1. The molecule has 1 aromatic carbocycles. The highest BCUT2D eigenvalue weighted by Gasteiger charge is 2.15. The third-order valence-electron chi connectivity index (χ3n) is 4.94. The lowest BCUT2D eigenvalue weighted by Gasteiger charge is -2.28. The SMILES string of the molecule is O=C(CCNc1cnc2cnccn12)NCCN1CCc2ccccc2C1. The van der Waals surface area contributed by atoms with Crippen LogP contribution in [-0.4, -0.2) is 51.4 Å². The number of nitrogens with one attached hydrogen (secondary N) is 2. The number of hydrogen-bond acceptors (Lipinski definition) is 5. The summed E-state index contributed by atoms with van der Waals surface area (Å²) in [6.07, 6.45) is 8.54. The normalized spacial score (nSPS) is 14.1. The minimum Gasteiger partial charge on any atom is -0.369 e. The van der Waals surface area contributed by atoms with E-state index in [9.17, 15) is 4.79 Å². The van der Waals surface area contributed by atoms with E-state index in [0.29, 0.717) is 19.5 Å². The molecule has 3 aromatic rings. The van der Waals surface area contributed by atoms with Crippen molar-refractivity contribution < 1.29 is 4.79 Å². The fourth-order valence-corrected chi connectivity index (χ4v) is 3.46. The average Bonchev–Trinajstić information content (AvgIpc) is 3.11. The van der Waals surface area contributed by atoms with Gasteiger partial charge in [0.2, 0.25) is 5.91 Å². The quantitative estimate of drug-likeness (QED) is 0.668. The Balaban J connectivity index is 1.16.